The van der Waals surface area contributed by atoms with Gasteiger partial charge in [-0.05, 0) is 57.4 Å². The first-order valence-corrected chi connectivity index (χ1v) is 7.79. The smallest absolute Gasteiger partial charge is 0.407 e. The van der Waals surface area contributed by atoms with E-state index in [1.807, 2.05) is 20.8 Å². The van der Waals surface area contributed by atoms with Gasteiger partial charge in [0.2, 0.25) is 0 Å². The van der Waals surface area contributed by atoms with Crippen LogP contribution in [0, 0.1) is 17.3 Å². The predicted octanol–water partition coefficient (Wildman–Crippen LogP) is 3.17. The topological polar surface area (TPSA) is 50.4 Å². The molecule has 0 bridgehead atoms. The Balaban J connectivity index is 2.26. The lowest BCUT2D eigenvalue weighted by Gasteiger charge is -2.24. The van der Waals surface area contributed by atoms with Crippen molar-refractivity contribution in [2.75, 3.05) is 19.6 Å². The lowest BCUT2D eigenvalue weighted by molar-refractivity contribution is 0.0514. The van der Waals surface area contributed by atoms with Gasteiger partial charge in [-0.2, -0.15) is 0 Å². The minimum absolute atomic E-state index is 0.322. The quantitative estimate of drug-likeness (QED) is 0.755. The van der Waals surface area contributed by atoms with Gasteiger partial charge in [0.1, 0.15) is 5.60 Å². The van der Waals surface area contributed by atoms with Gasteiger partial charge in [-0.25, -0.2) is 4.79 Å². The van der Waals surface area contributed by atoms with Crippen LogP contribution in [0.1, 0.15) is 54.4 Å². The molecule has 0 heterocycles. The van der Waals surface area contributed by atoms with Crippen LogP contribution >= 0.6 is 0 Å². The Labute approximate surface area is 124 Å². The van der Waals surface area contributed by atoms with Crippen molar-refractivity contribution in [2.45, 2.75) is 60.0 Å². The Morgan fingerprint density at radius 2 is 1.85 bits per heavy atom. The van der Waals surface area contributed by atoms with E-state index < -0.39 is 5.60 Å². The minimum Gasteiger partial charge on any atom is -0.444 e. The van der Waals surface area contributed by atoms with Crippen molar-refractivity contribution in [1.29, 1.82) is 0 Å². The molecule has 4 heteroatoms. The highest BCUT2D eigenvalue weighted by molar-refractivity contribution is 5.67. The summed E-state index contributed by atoms with van der Waals surface area (Å²) in [7, 11) is 0. The van der Waals surface area contributed by atoms with Crippen LogP contribution in [0.15, 0.2) is 0 Å². The summed E-state index contributed by atoms with van der Waals surface area (Å²) in [4.78, 5) is 11.7. The lowest BCUT2D eigenvalue weighted by atomic mass is 9.95. The molecular formula is C16H32N2O2. The van der Waals surface area contributed by atoms with Gasteiger partial charge < -0.3 is 15.4 Å². The van der Waals surface area contributed by atoms with E-state index in [2.05, 4.69) is 31.4 Å². The molecule has 118 valence electrons. The van der Waals surface area contributed by atoms with Crippen LogP contribution in [0.5, 0.6) is 0 Å². The van der Waals surface area contributed by atoms with Gasteiger partial charge in [0.25, 0.3) is 0 Å². The molecule has 1 amide bonds. The van der Waals surface area contributed by atoms with E-state index in [-0.39, 0.29) is 6.09 Å². The number of hydrogen-bond donors (Lipinski definition) is 2. The first-order valence-electron chi connectivity index (χ1n) is 7.79. The summed E-state index contributed by atoms with van der Waals surface area (Å²) in [6.07, 6.45) is 2.35. The molecule has 4 nitrogen and oxygen atoms in total. The molecule has 1 aliphatic rings. The van der Waals surface area contributed by atoms with E-state index >= 15 is 0 Å². The monoisotopic (exact) mass is 284 g/mol. The summed E-state index contributed by atoms with van der Waals surface area (Å²) in [5, 5.41) is 6.43. The first-order chi connectivity index (χ1) is 9.11. The fourth-order valence-corrected chi connectivity index (χ4v) is 2.02. The Bertz CT molecular complexity index is 317. The molecule has 1 fully saturated rings. The number of carbonyl (C=O) groups excluding carboxylic acids is 1. The van der Waals surface area contributed by atoms with Gasteiger partial charge in [0, 0.05) is 13.1 Å². The number of rotatable bonds is 7. The second kappa shape index (κ2) is 6.79. The third-order valence-corrected chi connectivity index (χ3v) is 3.91. The van der Waals surface area contributed by atoms with Crippen molar-refractivity contribution in [1.82, 2.24) is 10.6 Å². The Hall–Kier alpha value is -0.770. The number of ether oxygens (including phenoxy) is 1. The van der Waals surface area contributed by atoms with Gasteiger partial charge in [0.15, 0.2) is 0 Å². The van der Waals surface area contributed by atoms with Crippen molar-refractivity contribution in [3.8, 4) is 0 Å². The highest BCUT2D eigenvalue weighted by atomic mass is 16.6. The first kappa shape index (κ1) is 17.3. The van der Waals surface area contributed by atoms with Crippen LogP contribution < -0.4 is 10.6 Å². The standard InChI is InChI=1S/C16H32N2O2/c1-12(2)13(9-17-11-16(6)7-8-16)10-18-14(19)20-15(3,4)5/h12-13,17H,7-11H2,1-6H3,(H,18,19). The molecule has 1 aliphatic carbocycles. The second-order valence-electron chi connectivity index (χ2n) is 7.83. The number of hydrogen-bond acceptors (Lipinski definition) is 3. The third-order valence-electron chi connectivity index (χ3n) is 3.91. The SMILES string of the molecule is CC(C)C(CNCC1(C)CC1)CNC(=O)OC(C)(C)C. The number of nitrogens with one attached hydrogen (secondary N) is 2. The molecular weight excluding hydrogens is 252 g/mol. The van der Waals surface area contributed by atoms with Gasteiger partial charge in [-0.3, -0.25) is 0 Å². The van der Waals surface area contributed by atoms with Crippen LogP contribution in [0.4, 0.5) is 4.79 Å². The zero-order chi connectivity index (χ0) is 15.4. The van der Waals surface area contributed by atoms with E-state index in [9.17, 15) is 4.79 Å². The predicted molar refractivity (Wildman–Crippen MR) is 82.8 cm³/mol. The summed E-state index contributed by atoms with van der Waals surface area (Å²) in [5.41, 5.74) is 0.0936. The van der Waals surface area contributed by atoms with E-state index in [4.69, 9.17) is 4.74 Å². The fourth-order valence-electron chi connectivity index (χ4n) is 2.02. The lowest BCUT2D eigenvalue weighted by Crippen LogP contribution is -2.40. The molecule has 1 atom stereocenters. The Kier molecular flexibility index (Phi) is 5.87. The summed E-state index contributed by atoms with van der Waals surface area (Å²) in [6.45, 7) is 15.1. The average molecular weight is 284 g/mol. The molecule has 2 N–H and O–H groups in total. The largest absolute Gasteiger partial charge is 0.444 e. The van der Waals surface area contributed by atoms with E-state index in [1.54, 1.807) is 0 Å². The molecule has 0 aromatic carbocycles. The highest BCUT2D eigenvalue weighted by Gasteiger charge is 2.36. The summed E-state index contributed by atoms with van der Waals surface area (Å²) < 4.78 is 5.27. The van der Waals surface area contributed by atoms with Gasteiger partial charge in [-0.15, -0.1) is 0 Å². The van der Waals surface area contributed by atoms with Crippen molar-refractivity contribution in [3.63, 3.8) is 0 Å². The van der Waals surface area contributed by atoms with Crippen LogP contribution in [0.3, 0.4) is 0 Å². The number of carbonyl (C=O) groups is 1. The van der Waals surface area contributed by atoms with Gasteiger partial charge >= 0.3 is 6.09 Å². The van der Waals surface area contributed by atoms with Crippen LogP contribution in [0.25, 0.3) is 0 Å². The van der Waals surface area contributed by atoms with Crippen LogP contribution in [-0.4, -0.2) is 31.3 Å². The number of amides is 1. The second-order valence-corrected chi connectivity index (χ2v) is 7.83. The maximum Gasteiger partial charge on any atom is 0.407 e. The summed E-state index contributed by atoms with van der Waals surface area (Å²) >= 11 is 0. The fraction of sp³-hybridized carbons (Fsp3) is 0.938. The maximum absolute atomic E-state index is 11.7. The molecule has 1 unspecified atom stereocenters. The summed E-state index contributed by atoms with van der Waals surface area (Å²) in [6, 6.07) is 0. The van der Waals surface area contributed by atoms with Crippen molar-refractivity contribution in [2.24, 2.45) is 17.3 Å². The van der Waals surface area contributed by atoms with Gasteiger partial charge in [0.05, 0.1) is 0 Å². The summed E-state index contributed by atoms with van der Waals surface area (Å²) in [5.74, 6) is 0.967. The van der Waals surface area contributed by atoms with Gasteiger partial charge in [-0.1, -0.05) is 20.8 Å². The van der Waals surface area contributed by atoms with E-state index in [1.165, 1.54) is 12.8 Å². The minimum atomic E-state index is -0.434. The molecule has 1 rings (SSSR count). The Morgan fingerprint density at radius 3 is 2.30 bits per heavy atom. The molecule has 0 aromatic heterocycles. The zero-order valence-corrected chi connectivity index (χ0v) is 14.0. The highest BCUT2D eigenvalue weighted by Crippen LogP contribution is 2.44. The Morgan fingerprint density at radius 1 is 1.25 bits per heavy atom. The van der Waals surface area contributed by atoms with E-state index in [0.29, 0.717) is 23.8 Å². The maximum atomic E-state index is 11.7. The number of alkyl carbamates (subject to hydrolysis) is 1. The van der Waals surface area contributed by atoms with Crippen molar-refractivity contribution < 1.29 is 9.53 Å². The molecule has 0 radical (unpaired) electrons. The average Bonchev–Trinajstić information content (AvgIpc) is 2.98. The van der Waals surface area contributed by atoms with Crippen LogP contribution in [0.2, 0.25) is 0 Å². The van der Waals surface area contributed by atoms with Crippen molar-refractivity contribution >= 4 is 6.09 Å². The molecule has 1 saturated carbocycles. The molecule has 20 heavy (non-hydrogen) atoms. The normalized spacial score (nSPS) is 18.8. The van der Waals surface area contributed by atoms with E-state index in [0.717, 1.165) is 13.1 Å². The molecule has 0 saturated heterocycles. The molecule has 0 spiro atoms. The molecule has 0 aromatic rings. The van der Waals surface area contributed by atoms with Crippen molar-refractivity contribution in [3.05, 3.63) is 0 Å². The third kappa shape index (κ3) is 7.13. The van der Waals surface area contributed by atoms with Crippen LogP contribution in [-0.2, 0) is 4.74 Å². The zero-order valence-electron chi connectivity index (χ0n) is 14.0. The molecule has 0 aliphatic heterocycles.